The Labute approximate surface area is 221 Å². The Morgan fingerprint density at radius 2 is 1.63 bits per heavy atom. The second-order valence-electron chi connectivity index (χ2n) is 9.87. The van der Waals surface area contributed by atoms with Gasteiger partial charge < -0.3 is 19.2 Å². The number of carbonyl (C=O) groups is 3. The molecule has 1 aromatic heterocycles. The minimum Gasteiger partial charge on any atom is -0.485 e. The number of carbonyl (C=O) groups excluding carboxylic acids is 3. The molecule has 1 aliphatic carbocycles. The van der Waals surface area contributed by atoms with E-state index in [9.17, 15) is 14.4 Å². The van der Waals surface area contributed by atoms with Gasteiger partial charge in [-0.1, -0.05) is 31.4 Å². The van der Waals surface area contributed by atoms with Crippen LogP contribution in [-0.4, -0.2) is 36.4 Å². The molecule has 0 saturated heterocycles. The third-order valence-corrected chi connectivity index (χ3v) is 7.06. The number of benzene rings is 2. The number of aryl methyl sites for hydroxylation is 1. The molecule has 0 spiro atoms. The number of nitrogens with one attached hydrogen (secondary N) is 1. The molecule has 8 heteroatoms. The summed E-state index contributed by atoms with van der Waals surface area (Å²) in [6, 6.07) is 16.2. The molecule has 1 N–H and O–H groups in total. The highest BCUT2D eigenvalue weighted by molar-refractivity contribution is 6.04. The molecule has 198 valence electrons. The molecule has 1 fully saturated rings. The summed E-state index contributed by atoms with van der Waals surface area (Å²) in [5.41, 5.74) is 0.949. The van der Waals surface area contributed by atoms with Crippen LogP contribution >= 0.6 is 0 Å². The lowest BCUT2D eigenvalue weighted by molar-refractivity contribution is -0.132. The highest BCUT2D eigenvalue weighted by Gasteiger charge is 2.41. The number of rotatable bonds is 7. The predicted molar refractivity (Wildman–Crippen MR) is 141 cm³/mol. The number of anilines is 1. The van der Waals surface area contributed by atoms with Crippen LogP contribution in [0.15, 0.2) is 65.1 Å². The predicted octanol–water partition coefficient (Wildman–Crippen LogP) is 5.15. The molecule has 2 heterocycles. The first-order valence-electron chi connectivity index (χ1n) is 13.1. The van der Waals surface area contributed by atoms with Crippen LogP contribution in [0.4, 0.5) is 5.69 Å². The summed E-state index contributed by atoms with van der Waals surface area (Å²) in [5.74, 6) is 1.12. The zero-order valence-corrected chi connectivity index (χ0v) is 21.6. The Morgan fingerprint density at radius 1 is 0.921 bits per heavy atom. The van der Waals surface area contributed by atoms with Gasteiger partial charge in [0.05, 0.1) is 0 Å². The maximum Gasteiger partial charge on any atom is 0.272 e. The maximum absolute atomic E-state index is 14.2. The van der Waals surface area contributed by atoms with E-state index in [2.05, 4.69) is 5.32 Å². The molecule has 2 atom stereocenters. The first kappa shape index (κ1) is 25.6. The number of ether oxygens (including phenoxy) is 2. The van der Waals surface area contributed by atoms with Gasteiger partial charge >= 0.3 is 0 Å². The number of Topliss-reactive ketones (excluding diaryl/α,β-unsaturated/α-hetero) is 1. The van der Waals surface area contributed by atoms with Gasteiger partial charge in [0.2, 0.25) is 6.10 Å². The molecule has 2 aromatic carbocycles. The van der Waals surface area contributed by atoms with Gasteiger partial charge in [-0.25, -0.2) is 0 Å². The van der Waals surface area contributed by atoms with E-state index >= 15 is 0 Å². The lowest BCUT2D eigenvalue weighted by atomic mass is 9.95. The number of fused-ring (bicyclic) bond motifs is 1. The van der Waals surface area contributed by atoms with Crippen LogP contribution in [0.1, 0.15) is 66.9 Å². The van der Waals surface area contributed by atoms with Gasteiger partial charge in [0.1, 0.15) is 18.1 Å². The third kappa shape index (κ3) is 5.44. The van der Waals surface area contributed by atoms with E-state index in [0.717, 1.165) is 32.1 Å². The average Bonchev–Trinajstić information content (AvgIpc) is 3.37. The Kier molecular flexibility index (Phi) is 7.49. The Balaban J connectivity index is 1.54. The number of hydrogen-bond acceptors (Lipinski definition) is 6. The lowest BCUT2D eigenvalue weighted by Crippen LogP contribution is -2.52. The lowest BCUT2D eigenvalue weighted by Gasteiger charge is -2.35. The maximum atomic E-state index is 14.2. The van der Waals surface area contributed by atoms with Gasteiger partial charge in [-0.15, -0.1) is 0 Å². The number of furan rings is 1. The van der Waals surface area contributed by atoms with Crippen molar-refractivity contribution in [3.63, 3.8) is 0 Å². The van der Waals surface area contributed by atoms with E-state index < -0.39 is 18.1 Å². The van der Waals surface area contributed by atoms with Crippen LogP contribution in [0.2, 0.25) is 0 Å². The Hall–Kier alpha value is -4.07. The van der Waals surface area contributed by atoms with Crippen molar-refractivity contribution < 1.29 is 28.3 Å². The minimum absolute atomic E-state index is 0.00791. The second-order valence-corrected chi connectivity index (χ2v) is 9.87. The van der Waals surface area contributed by atoms with E-state index in [1.807, 2.05) is 6.07 Å². The van der Waals surface area contributed by atoms with Gasteiger partial charge in [-0.2, -0.15) is 0 Å². The molecular weight excluding hydrogens is 484 g/mol. The van der Waals surface area contributed by atoms with Crippen LogP contribution in [0.5, 0.6) is 11.5 Å². The van der Waals surface area contributed by atoms with Crippen LogP contribution < -0.4 is 19.7 Å². The van der Waals surface area contributed by atoms with Gasteiger partial charge in [-0.3, -0.25) is 19.3 Å². The van der Waals surface area contributed by atoms with Gasteiger partial charge in [-0.05, 0) is 75.2 Å². The number of amides is 2. The van der Waals surface area contributed by atoms with E-state index in [0.29, 0.717) is 34.3 Å². The van der Waals surface area contributed by atoms with Crippen molar-refractivity contribution in [2.45, 2.75) is 64.1 Å². The van der Waals surface area contributed by atoms with E-state index in [-0.39, 0.29) is 24.3 Å². The Morgan fingerprint density at radius 3 is 2.29 bits per heavy atom. The highest BCUT2D eigenvalue weighted by atomic mass is 16.6. The summed E-state index contributed by atoms with van der Waals surface area (Å²) < 4.78 is 17.8. The zero-order chi connectivity index (χ0) is 26.6. The first-order chi connectivity index (χ1) is 18.4. The van der Waals surface area contributed by atoms with Crippen molar-refractivity contribution in [3.05, 3.63) is 77.7 Å². The highest BCUT2D eigenvalue weighted by Crippen LogP contribution is 2.35. The molecule has 8 nitrogen and oxygen atoms in total. The number of ketones is 1. The van der Waals surface area contributed by atoms with Crippen molar-refractivity contribution in [3.8, 4) is 11.5 Å². The van der Waals surface area contributed by atoms with Crippen LogP contribution in [0.3, 0.4) is 0 Å². The minimum atomic E-state index is -1.08. The van der Waals surface area contributed by atoms with Gasteiger partial charge in [0.25, 0.3) is 11.8 Å². The number of hydrogen-bond donors (Lipinski definition) is 1. The van der Waals surface area contributed by atoms with E-state index in [1.54, 1.807) is 61.5 Å². The fourth-order valence-corrected chi connectivity index (χ4v) is 5.06. The molecule has 2 aliphatic rings. The molecule has 1 aliphatic heterocycles. The zero-order valence-electron chi connectivity index (χ0n) is 21.6. The molecule has 3 aromatic rings. The van der Waals surface area contributed by atoms with Crippen molar-refractivity contribution >= 4 is 23.3 Å². The SMILES string of the molecule is CC(=O)c1ccc(N(C(=O)[C@H]2COc3ccccc3O2)[C@H](C(=O)NC2CCCCC2)c2ccc(C)o2)cc1. The fraction of sp³-hybridized carbons (Fsp3) is 0.367. The molecular formula is C30H32N2O6. The standard InChI is InChI=1S/C30H32N2O6/c1-19-12-17-26(37-19)28(29(34)31-22-8-4-3-5-9-22)32(23-15-13-21(14-16-23)20(2)33)30(35)27-18-36-24-10-6-7-11-25(24)38-27/h6-7,10-17,22,27-28H,3-5,8-9,18H2,1-2H3,(H,31,34)/t27-,28+/m1/s1. The first-order valence-corrected chi connectivity index (χ1v) is 13.1. The van der Waals surface area contributed by atoms with Crippen molar-refractivity contribution in [1.29, 1.82) is 0 Å². The fourth-order valence-electron chi connectivity index (χ4n) is 5.06. The third-order valence-electron chi connectivity index (χ3n) is 7.06. The smallest absolute Gasteiger partial charge is 0.272 e. The topological polar surface area (TPSA) is 98.1 Å². The summed E-state index contributed by atoms with van der Waals surface area (Å²) in [7, 11) is 0. The molecule has 0 unspecified atom stereocenters. The van der Waals surface area contributed by atoms with Gasteiger partial charge in [0, 0.05) is 17.3 Å². The van der Waals surface area contributed by atoms with Gasteiger partial charge in [0.15, 0.2) is 23.3 Å². The van der Waals surface area contributed by atoms with E-state index in [4.69, 9.17) is 13.9 Å². The van der Waals surface area contributed by atoms with Crippen LogP contribution in [0.25, 0.3) is 0 Å². The summed E-state index contributed by atoms with van der Waals surface area (Å²) in [4.78, 5) is 41.4. The normalized spacial score (nSPS) is 17.9. The van der Waals surface area contributed by atoms with Crippen molar-refractivity contribution in [2.75, 3.05) is 11.5 Å². The molecule has 1 saturated carbocycles. The molecule has 38 heavy (non-hydrogen) atoms. The molecule has 0 bridgehead atoms. The van der Waals surface area contributed by atoms with Crippen LogP contribution in [-0.2, 0) is 9.59 Å². The largest absolute Gasteiger partial charge is 0.485 e. The van der Waals surface area contributed by atoms with Crippen LogP contribution in [0, 0.1) is 6.92 Å². The summed E-state index contributed by atoms with van der Waals surface area (Å²) >= 11 is 0. The Bertz CT molecular complexity index is 1310. The summed E-state index contributed by atoms with van der Waals surface area (Å²) in [5, 5.41) is 3.16. The van der Waals surface area contributed by atoms with E-state index in [1.165, 1.54) is 11.8 Å². The van der Waals surface area contributed by atoms with Crippen molar-refractivity contribution in [1.82, 2.24) is 5.32 Å². The summed E-state index contributed by atoms with van der Waals surface area (Å²) in [6.45, 7) is 3.27. The molecule has 5 rings (SSSR count). The quantitative estimate of drug-likeness (QED) is 0.436. The molecule has 0 radical (unpaired) electrons. The number of nitrogens with zero attached hydrogens (tertiary/aromatic N) is 1. The average molecular weight is 517 g/mol. The monoisotopic (exact) mass is 516 g/mol. The molecule has 2 amide bonds. The second kappa shape index (κ2) is 11.1. The number of para-hydroxylation sites is 2. The van der Waals surface area contributed by atoms with Crippen molar-refractivity contribution in [2.24, 2.45) is 0 Å². The summed E-state index contributed by atoms with van der Waals surface area (Å²) in [6.07, 6.45) is 4.06.